The van der Waals surface area contributed by atoms with Crippen LogP contribution in [-0.4, -0.2) is 18.6 Å². The summed E-state index contributed by atoms with van der Waals surface area (Å²) in [5.74, 6) is -3.16. The highest BCUT2D eigenvalue weighted by molar-refractivity contribution is 5.90. The molecule has 0 bridgehead atoms. The van der Waals surface area contributed by atoms with Crippen LogP contribution in [0, 0.1) is 11.6 Å². The van der Waals surface area contributed by atoms with Crippen molar-refractivity contribution >= 4 is 11.7 Å². The lowest BCUT2D eigenvalue weighted by Gasteiger charge is -2.26. The van der Waals surface area contributed by atoms with Crippen LogP contribution in [0.4, 0.5) is 14.5 Å². The topological polar surface area (TPSA) is 38.3 Å². The highest BCUT2D eigenvalue weighted by Crippen LogP contribution is 2.25. The summed E-state index contributed by atoms with van der Waals surface area (Å²) >= 11 is 0. The molecule has 0 unspecified atom stereocenters. The Morgan fingerprint density at radius 1 is 1.33 bits per heavy atom. The van der Waals surface area contributed by atoms with Gasteiger partial charge < -0.3 is 10.1 Å². The summed E-state index contributed by atoms with van der Waals surface area (Å²) in [6.07, 6.45) is 0.743. The monoisotopic (exact) mass is 257 g/mol. The first-order chi connectivity index (χ1) is 8.32. The first-order valence-corrected chi connectivity index (χ1v) is 5.67. The minimum absolute atomic E-state index is 0.0343. The van der Waals surface area contributed by atoms with E-state index in [2.05, 4.69) is 10.1 Å². The lowest BCUT2D eigenvalue weighted by atomic mass is 10.0. The van der Waals surface area contributed by atoms with Gasteiger partial charge in [0.1, 0.15) is 0 Å². The number of anilines is 1. The summed E-state index contributed by atoms with van der Waals surface area (Å²) in [6, 6.07) is 2.54. The van der Waals surface area contributed by atoms with Gasteiger partial charge in [0.15, 0.2) is 11.6 Å². The van der Waals surface area contributed by atoms with E-state index in [-0.39, 0.29) is 11.2 Å². The normalized spacial score (nSPS) is 11.2. The van der Waals surface area contributed by atoms with Gasteiger partial charge in [-0.2, -0.15) is 0 Å². The highest BCUT2D eigenvalue weighted by Gasteiger charge is 2.22. The van der Waals surface area contributed by atoms with E-state index in [1.54, 1.807) is 0 Å². The fourth-order valence-corrected chi connectivity index (χ4v) is 1.37. The highest BCUT2D eigenvalue weighted by atomic mass is 19.2. The lowest BCUT2D eigenvalue weighted by Crippen LogP contribution is -2.30. The van der Waals surface area contributed by atoms with E-state index in [4.69, 9.17) is 0 Å². The minimum Gasteiger partial charge on any atom is -0.465 e. The van der Waals surface area contributed by atoms with Crippen molar-refractivity contribution in [3.05, 3.63) is 29.3 Å². The molecule has 1 rings (SSSR count). The number of methoxy groups -OCH3 is 1. The Bertz CT molecular complexity index is 459. The Balaban J connectivity index is 3.12. The molecule has 0 saturated carbocycles. The molecule has 0 amide bonds. The van der Waals surface area contributed by atoms with Gasteiger partial charge in [0.25, 0.3) is 0 Å². The van der Waals surface area contributed by atoms with Crippen LogP contribution in [0.25, 0.3) is 0 Å². The molecule has 5 heteroatoms. The molecule has 100 valence electrons. The molecule has 1 aromatic carbocycles. The molecular formula is C13H17F2NO2. The molecule has 0 heterocycles. The van der Waals surface area contributed by atoms with E-state index in [1.807, 2.05) is 20.8 Å². The van der Waals surface area contributed by atoms with Gasteiger partial charge in [-0.05, 0) is 32.4 Å². The Morgan fingerprint density at radius 2 is 1.94 bits per heavy atom. The van der Waals surface area contributed by atoms with Gasteiger partial charge in [-0.25, -0.2) is 13.6 Å². The van der Waals surface area contributed by atoms with Crippen molar-refractivity contribution in [1.82, 2.24) is 0 Å². The smallest absolute Gasteiger partial charge is 0.340 e. The van der Waals surface area contributed by atoms with E-state index in [0.29, 0.717) is 0 Å². The molecule has 0 aliphatic rings. The molecule has 3 nitrogen and oxygen atoms in total. The average molecular weight is 257 g/mol. The van der Waals surface area contributed by atoms with Crippen LogP contribution < -0.4 is 5.32 Å². The number of halogens is 2. The van der Waals surface area contributed by atoms with Gasteiger partial charge in [0.05, 0.1) is 18.4 Å². The number of nitrogens with one attached hydrogen (secondary N) is 1. The molecule has 0 saturated heterocycles. The van der Waals surface area contributed by atoms with Crippen LogP contribution in [0.3, 0.4) is 0 Å². The number of carbonyl (C=O) groups is 1. The summed E-state index contributed by atoms with van der Waals surface area (Å²) in [6.45, 7) is 5.68. The van der Waals surface area contributed by atoms with E-state index >= 15 is 0 Å². The largest absolute Gasteiger partial charge is 0.465 e. The number of esters is 1. The molecule has 0 aliphatic carbocycles. The van der Waals surface area contributed by atoms with Crippen LogP contribution in [0.1, 0.15) is 37.6 Å². The van der Waals surface area contributed by atoms with Gasteiger partial charge in [-0.15, -0.1) is 0 Å². The predicted molar refractivity (Wildman–Crippen MR) is 65.7 cm³/mol. The van der Waals surface area contributed by atoms with Crippen molar-refractivity contribution in [3.63, 3.8) is 0 Å². The predicted octanol–water partition coefficient (Wildman–Crippen LogP) is 3.35. The molecule has 0 aliphatic heterocycles. The Hall–Kier alpha value is -1.65. The third kappa shape index (κ3) is 2.97. The van der Waals surface area contributed by atoms with Gasteiger partial charge in [-0.1, -0.05) is 6.92 Å². The lowest BCUT2D eigenvalue weighted by molar-refractivity contribution is 0.0594. The fourth-order valence-electron chi connectivity index (χ4n) is 1.37. The van der Waals surface area contributed by atoms with Crippen LogP contribution >= 0.6 is 0 Å². The van der Waals surface area contributed by atoms with E-state index in [9.17, 15) is 13.6 Å². The zero-order chi connectivity index (χ0) is 13.9. The summed E-state index contributed by atoms with van der Waals surface area (Å²) in [5, 5.41) is 2.89. The van der Waals surface area contributed by atoms with Crippen molar-refractivity contribution in [2.75, 3.05) is 12.4 Å². The molecular weight excluding hydrogens is 240 g/mol. The van der Waals surface area contributed by atoms with Crippen LogP contribution in [0.5, 0.6) is 0 Å². The SMILES string of the molecule is CCC(C)(C)Nc1ccc(C(=O)OC)c(F)c1F. The second kappa shape index (κ2) is 5.33. The van der Waals surface area contributed by atoms with Gasteiger partial charge >= 0.3 is 5.97 Å². The Labute approximate surface area is 105 Å². The molecule has 0 spiro atoms. The summed E-state index contributed by atoms with van der Waals surface area (Å²) in [4.78, 5) is 11.2. The fraction of sp³-hybridized carbons (Fsp3) is 0.462. The maximum Gasteiger partial charge on any atom is 0.340 e. The first-order valence-electron chi connectivity index (χ1n) is 5.67. The number of rotatable bonds is 4. The van der Waals surface area contributed by atoms with E-state index in [0.717, 1.165) is 13.5 Å². The molecule has 0 atom stereocenters. The second-order valence-corrected chi connectivity index (χ2v) is 4.64. The van der Waals surface area contributed by atoms with Gasteiger partial charge in [-0.3, -0.25) is 0 Å². The van der Waals surface area contributed by atoms with Crippen molar-refractivity contribution < 1.29 is 18.3 Å². The van der Waals surface area contributed by atoms with Crippen molar-refractivity contribution in [2.45, 2.75) is 32.7 Å². The number of carbonyl (C=O) groups excluding carboxylic acids is 1. The average Bonchev–Trinajstić information content (AvgIpc) is 2.34. The number of ether oxygens (including phenoxy) is 1. The number of benzene rings is 1. The standard InChI is InChI=1S/C13H17F2NO2/c1-5-13(2,3)16-9-7-6-8(12(17)18-4)10(14)11(9)15/h6-7,16H,5H2,1-4H3. The molecule has 1 aromatic rings. The summed E-state index contributed by atoms with van der Waals surface area (Å²) < 4.78 is 31.8. The maximum atomic E-state index is 13.8. The van der Waals surface area contributed by atoms with Gasteiger partial charge in [0.2, 0.25) is 0 Å². The molecule has 0 aromatic heterocycles. The second-order valence-electron chi connectivity index (χ2n) is 4.64. The molecule has 18 heavy (non-hydrogen) atoms. The third-order valence-corrected chi connectivity index (χ3v) is 2.84. The minimum atomic E-state index is -1.20. The first kappa shape index (κ1) is 14.4. The van der Waals surface area contributed by atoms with E-state index in [1.165, 1.54) is 12.1 Å². The Kier molecular flexibility index (Phi) is 4.27. The summed E-state index contributed by atoms with van der Waals surface area (Å²) in [7, 11) is 1.12. The maximum absolute atomic E-state index is 13.8. The quantitative estimate of drug-likeness (QED) is 0.840. The van der Waals surface area contributed by atoms with Gasteiger partial charge in [0, 0.05) is 5.54 Å². The molecule has 0 fully saturated rings. The van der Waals surface area contributed by atoms with Crippen LogP contribution in [-0.2, 0) is 4.74 Å². The van der Waals surface area contributed by atoms with Crippen LogP contribution in [0.2, 0.25) is 0 Å². The molecule has 0 radical (unpaired) electrons. The zero-order valence-corrected chi connectivity index (χ0v) is 10.9. The number of hydrogen-bond donors (Lipinski definition) is 1. The zero-order valence-electron chi connectivity index (χ0n) is 10.9. The van der Waals surface area contributed by atoms with Crippen molar-refractivity contribution in [2.24, 2.45) is 0 Å². The van der Waals surface area contributed by atoms with E-state index < -0.39 is 23.2 Å². The van der Waals surface area contributed by atoms with Crippen molar-refractivity contribution in [1.29, 1.82) is 0 Å². The Morgan fingerprint density at radius 3 is 2.44 bits per heavy atom. The van der Waals surface area contributed by atoms with Crippen LogP contribution in [0.15, 0.2) is 12.1 Å². The van der Waals surface area contributed by atoms with Crippen molar-refractivity contribution in [3.8, 4) is 0 Å². The molecule has 1 N–H and O–H groups in total. The number of hydrogen-bond acceptors (Lipinski definition) is 3. The summed E-state index contributed by atoms with van der Waals surface area (Å²) in [5.41, 5.74) is -0.734. The third-order valence-electron chi connectivity index (χ3n) is 2.84.